The van der Waals surface area contributed by atoms with Crippen LogP contribution in [0.4, 0.5) is 0 Å². The molecule has 1 saturated heterocycles. The lowest BCUT2D eigenvalue weighted by molar-refractivity contribution is 0.242. The molecule has 1 unspecified atom stereocenters. The van der Waals surface area contributed by atoms with Crippen molar-refractivity contribution in [3.63, 3.8) is 0 Å². The minimum atomic E-state index is -0.526. The first-order valence-corrected chi connectivity index (χ1v) is 11.6. The zero-order valence-corrected chi connectivity index (χ0v) is 15.6. The van der Waals surface area contributed by atoms with E-state index in [0.717, 1.165) is 0 Å². The summed E-state index contributed by atoms with van der Waals surface area (Å²) in [5, 5.41) is 0. The minimum absolute atomic E-state index is 0.526. The van der Waals surface area contributed by atoms with E-state index in [-0.39, 0.29) is 0 Å². The molecule has 1 aliphatic heterocycles. The van der Waals surface area contributed by atoms with Gasteiger partial charge in [-0.25, -0.2) is 0 Å². The number of hydrogen-bond acceptors (Lipinski definition) is 1. The van der Waals surface area contributed by atoms with Crippen molar-refractivity contribution < 1.29 is 0 Å². The van der Waals surface area contributed by atoms with E-state index in [1.54, 1.807) is 5.57 Å². The molecule has 2 heteroatoms. The quantitative estimate of drug-likeness (QED) is 0.437. The van der Waals surface area contributed by atoms with Crippen LogP contribution in [0.5, 0.6) is 0 Å². The molecule has 1 atom stereocenters. The summed E-state index contributed by atoms with van der Waals surface area (Å²) >= 11 is 0. The van der Waals surface area contributed by atoms with Crippen molar-refractivity contribution in [3.05, 3.63) is 11.6 Å². The molecular weight excluding hydrogens is 258 g/mol. The molecule has 20 heavy (non-hydrogen) atoms. The molecule has 0 spiro atoms. The van der Waals surface area contributed by atoms with Crippen molar-refractivity contribution in [2.45, 2.75) is 90.4 Å². The van der Waals surface area contributed by atoms with Crippen molar-refractivity contribution in [3.8, 4) is 0 Å². The molecule has 0 radical (unpaired) electrons. The molecule has 1 rings (SSSR count). The van der Waals surface area contributed by atoms with Crippen LogP contribution in [-0.2, 0) is 0 Å². The smallest absolute Gasteiger partial charge is 0.0409 e. The molecule has 0 aromatic rings. The summed E-state index contributed by atoms with van der Waals surface area (Å²) in [6, 6.07) is 5.24. The summed E-state index contributed by atoms with van der Waals surface area (Å²) < 4.78 is 0. The van der Waals surface area contributed by atoms with Crippen molar-refractivity contribution >= 4 is 8.80 Å². The van der Waals surface area contributed by atoms with E-state index in [1.807, 2.05) is 0 Å². The fourth-order valence-electron chi connectivity index (χ4n) is 3.74. The van der Waals surface area contributed by atoms with E-state index in [2.05, 4.69) is 38.7 Å². The van der Waals surface area contributed by atoms with Crippen LogP contribution in [0.3, 0.4) is 0 Å². The van der Waals surface area contributed by atoms with E-state index < -0.39 is 8.80 Å². The highest BCUT2D eigenvalue weighted by molar-refractivity contribution is 6.59. The number of allylic oxidation sites excluding steroid dienone is 1. The maximum atomic E-state index is 2.76. The third-order valence-electron chi connectivity index (χ3n) is 5.01. The van der Waals surface area contributed by atoms with E-state index >= 15 is 0 Å². The van der Waals surface area contributed by atoms with Crippen LogP contribution in [0.15, 0.2) is 11.6 Å². The number of rotatable bonds is 8. The second kappa shape index (κ2) is 10.6. The molecular formula is C18H37NSi. The van der Waals surface area contributed by atoms with Crippen molar-refractivity contribution in [1.29, 1.82) is 0 Å². The second-order valence-corrected chi connectivity index (χ2v) is 9.93. The standard InChI is InChI=1S/C18H37NSi/c1-5-14-20(15-6-2)16-18(7-3)17(4)19-12-10-8-9-11-13-19/h7,17,20H,5-6,8-16H2,1-4H3. The predicted molar refractivity (Wildman–Crippen MR) is 95.4 cm³/mol. The van der Waals surface area contributed by atoms with E-state index in [1.165, 1.54) is 69.7 Å². The van der Waals surface area contributed by atoms with Gasteiger partial charge in [0.05, 0.1) is 0 Å². The molecule has 1 nitrogen and oxygen atoms in total. The summed E-state index contributed by atoms with van der Waals surface area (Å²) in [6.07, 6.45) is 10.9. The zero-order chi connectivity index (χ0) is 14.8. The Bertz CT molecular complexity index is 261. The highest BCUT2D eigenvalue weighted by atomic mass is 28.3. The van der Waals surface area contributed by atoms with Crippen LogP contribution in [0.25, 0.3) is 0 Å². The molecule has 0 saturated carbocycles. The maximum Gasteiger partial charge on any atom is 0.0409 e. The largest absolute Gasteiger partial charge is 0.297 e. The molecule has 0 aromatic carbocycles. The highest BCUT2D eigenvalue weighted by Crippen LogP contribution is 2.23. The number of hydrogen-bond donors (Lipinski definition) is 0. The average Bonchev–Trinajstić information content (AvgIpc) is 2.73. The van der Waals surface area contributed by atoms with Crippen molar-refractivity contribution in [2.75, 3.05) is 13.1 Å². The van der Waals surface area contributed by atoms with Gasteiger partial charge >= 0.3 is 0 Å². The lowest BCUT2D eigenvalue weighted by Crippen LogP contribution is -2.36. The molecule has 0 aromatic heterocycles. The Morgan fingerprint density at radius 2 is 1.60 bits per heavy atom. The van der Waals surface area contributed by atoms with E-state index in [9.17, 15) is 0 Å². The van der Waals surface area contributed by atoms with Gasteiger partial charge in [-0.3, -0.25) is 4.90 Å². The van der Waals surface area contributed by atoms with Gasteiger partial charge < -0.3 is 0 Å². The number of likely N-dealkylation sites (tertiary alicyclic amines) is 1. The van der Waals surface area contributed by atoms with Crippen LogP contribution in [0.1, 0.15) is 66.2 Å². The van der Waals surface area contributed by atoms with Crippen LogP contribution in [0, 0.1) is 0 Å². The molecule has 1 heterocycles. The average molecular weight is 296 g/mol. The SMILES string of the molecule is CC=C(C[SiH](CCC)CCC)C(C)N1CCCCCC1. The van der Waals surface area contributed by atoms with Gasteiger partial charge in [-0.2, -0.15) is 0 Å². The van der Waals surface area contributed by atoms with Gasteiger partial charge in [0.1, 0.15) is 0 Å². The van der Waals surface area contributed by atoms with E-state index in [4.69, 9.17) is 0 Å². The Labute approximate surface area is 129 Å². The first-order valence-electron chi connectivity index (χ1n) is 9.12. The monoisotopic (exact) mass is 295 g/mol. The Morgan fingerprint density at radius 3 is 2.05 bits per heavy atom. The Balaban J connectivity index is 2.58. The van der Waals surface area contributed by atoms with Crippen LogP contribution < -0.4 is 0 Å². The predicted octanol–water partition coefficient (Wildman–Crippen LogP) is 5.24. The zero-order valence-electron chi connectivity index (χ0n) is 14.5. The minimum Gasteiger partial charge on any atom is -0.297 e. The van der Waals surface area contributed by atoms with Crippen LogP contribution >= 0.6 is 0 Å². The first-order chi connectivity index (χ1) is 9.72. The van der Waals surface area contributed by atoms with Gasteiger partial charge in [0.25, 0.3) is 0 Å². The summed E-state index contributed by atoms with van der Waals surface area (Å²) in [5.74, 6) is 0. The Kier molecular flexibility index (Phi) is 9.54. The third-order valence-corrected chi connectivity index (χ3v) is 8.85. The number of nitrogens with zero attached hydrogens (tertiary/aromatic N) is 1. The topological polar surface area (TPSA) is 3.24 Å². The molecule has 0 N–H and O–H groups in total. The highest BCUT2D eigenvalue weighted by Gasteiger charge is 2.21. The maximum absolute atomic E-state index is 2.76. The third kappa shape index (κ3) is 6.13. The van der Waals surface area contributed by atoms with Gasteiger partial charge in [-0.15, -0.1) is 0 Å². The molecule has 1 fully saturated rings. The lowest BCUT2D eigenvalue weighted by Gasteiger charge is -2.31. The van der Waals surface area contributed by atoms with Gasteiger partial charge in [0.15, 0.2) is 0 Å². The molecule has 118 valence electrons. The van der Waals surface area contributed by atoms with Crippen molar-refractivity contribution in [1.82, 2.24) is 4.90 Å². The fourth-order valence-corrected chi connectivity index (χ4v) is 7.32. The summed E-state index contributed by atoms with van der Waals surface area (Å²) in [4.78, 5) is 2.76. The van der Waals surface area contributed by atoms with E-state index in [0.29, 0.717) is 6.04 Å². The molecule has 0 bridgehead atoms. The summed E-state index contributed by atoms with van der Waals surface area (Å²) in [6.45, 7) is 12.1. The van der Waals surface area contributed by atoms with Gasteiger partial charge in [-0.05, 0) is 45.8 Å². The Hall–Kier alpha value is -0.0831. The molecule has 1 aliphatic rings. The summed E-state index contributed by atoms with van der Waals surface area (Å²) in [5.41, 5.74) is 1.76. The first kappa shape index (κ1) is 18.0. The molecule has 0 amide bonds. The Morgan fingerprint density at radius 1 is 1.05 bits per heavy atom. The van der Waals surface area contributed by atoms with Gasteiger partial charge in [0, 0.05) is 14.8 Å². The van der Waals surface area contributed by atoms with Gasteiger partial charge in [0.2, 0.25) is 0 Å². The normalized spacial score (nSPS) is 20.1. The second-order valence-electron chi connectivity index (χ2n) is 6.64. The fraction of sp³-hybridized carbons (Fsp3) is 0.889. The van der Waals surface area contributed by atoms with Crippen molar-refractivity contribution in [2.24, 2.45) is 0 Å². The summed E-state index contributed by atoms with van der Waals surface area (Å²) in [7, 11) is -0.526. The van der Waals surface area contributed by atoms with Crippen LogP contribution in [0.2, 0.25) is 18.1 Å². The van der Waals surface area contributed by atoms with Crippen LogP contribution in [-0.4, -0.2) is 32.8 Å². The van der Waals surface area contributed by atoms with Gasteiger partial charge in [-0.1, -0.05) is 63.3 Å². The lowest BCUT2D eigenvalue weighted by atomic mass is 10.1. The molecule has 0 aliphatic carbocycles.